The Labute approximate surface area is 228 Å². The van der Waals surface area contributed by atoms with Crippen molar-refractivity contribution in [3.05, 3.63) is 113 Å². The van der Waals surface area contributed by atoms with Gasteiger partial charge in [0, 0.05) is 16.1 Å². The molecule has 0 aliphatic heterocycles. The van der Waals surface area contributed by atoms with E-state index in [2.05, 4.69) is 0 Å². The molecule has 0 fully saturated rings. The van der Waals surface area contributed by atoms with Gasteiger partial charge in [-0.05, 0) is 79.0 Å². The highest BCUT2D eigenvalue weighted by atomic mass is 35.5. The third-order valence-electron chi connectivity index (χ3n) is 5.38. The fourth-order valence-electron chi connectivity index (χ4n) is 3.14. The summed E-state index contributed by atoms with van der Waals surface area (Å²) in [5.74, 6) is 1.70. The number of benzene rings is 4. The number of Topliss-reactive ketones (excluding diaryl/α,β-unsaturated/α-hetero) is 2. The van der Waals surface area contributed by atoms with Crippen molar-refractivity contribution in [2.45, 2.75) is 13.8 Å². The maximum atomic E-state index is 11.2. The first-order chi connectivity index (χ1) is 18.1. The van der Waals surface area contributed by atoms with Crippen LogP contribution in [0.15, 0.2) is 97.1 Å². The van der Waals surface area contributed by atoms with Crippen LogP contribution < -0.4 is 14.9 Å². The van der Waals surface area contributed by atoms with E-state index < -0.39 is 7.12 Å². The van der Waals surface area contributed by atoms with E-state index in [-0.39, 0.29) is 11.6 Å². The first-order valence-corrected chi connectivity index (χ1v) is 12.0. The summed E-state index contributed by atoms with van der Waals surface area (Å²) in [6.07, 6.45) is 0. The third kappa shape index (κ3) is 9.86. The summed E-state index contributed by atoms with van der Waals surface area (Å²) in [7, 11) is 1.81. The van der Waals surface area contributed by atoms with Crippen LogP contribution in [0.3, 0.4) is 0 Å². The van der Waals surface area contributed by atoms with Crippen molar-refractivity contribution >= 4 is 35.7 Å². The van der Waals surface area contributed by atoms with Gasteiger partial charge in [0.15, 0.2) is 11.6 Å². The molecule has 0 radical (unpaired) electrons. The molecular weight excluding hydrogens is 503 g/mol. The van der Waals surface area contributed by atoms with Crippen LogP contribution in [0.1, 0.15) is 34.6 Å². The molecule has 0 unspecified atom stereocenters. The van der Waals surface area contributed by atoms with Crippen LogP contribution in [0, 0.1) is 0 Å². The van der Waals surface area contributed by atoms with Gasteiger partial charge in [0.25, 0.3) is 0 Å². The predicted molar refractivity (Wildman–Crippen MR) is 153 cm³/mol. The molecule has 6 nitrogen and oxygen atoms in total. The Morgan fingerprint density at radius 3 is 1.29 bits per heavy atom. The Hall–Kier alpha value is -3.91. The number of hydrogen-bond acceptors (Lipinski definition) is 6. The quantitative estimate of drug-likeness (QED) is 0.252. The summed E-state index contributed by atoms with van der Waals surface area (Å²) < 4.78 is 10.00. The average molecular weight is 533 g/mol. The number of carbonyl (C=O) groups excluding carboxylic acids is 2. The van der Waals surface area contributed by atoms with E-state index in [0.29, 0.717) is 21.8 Å². The van der Waals surface area contributed by atoms with E-state index in [9.17, 15) is 9.59 Å². The molecule has 38 heavy (non-hydrogen) atoms. The van der Waals surface area contributed by atoms with Gasteiger partial charge in [-0.3, -0.25) is 9.59 Å². The van der Waals surface area contributed by atoms with E-state index in [4.69, 9.17) is 31.1 Å². The van der Waals surface area contributed by atoms with Crippen molar-refractivity contribution < 1.29 is 29.1 Å². The van der Waals surface area contributed by atoms with Crippen molar-refractivity contribution in [1.29, 1.82) is 0 Å². The molecule has 0 aromatic heterocycles. The predicted octanol–water partition coefficient (Wildman–Crippen LogP) is 5.48. The van der Waals surface area contributed by atoms with Crippen molar-refractivity contribution in [3.8, 4) is 22.6 Å². The molecular formula is C30H30BClO6. The molecule has 0 saturated carbocycles. The fourth-order valence-corrected chi connectivity index (χ4v) is 3.27. The molecule has 8 heteroatoms. The Balaban J connectivity index is 0.000000211. The van der Waals surface area contributed by atoms with Crippen LogP contribution in [0.25, 0.3) is 11.1 Å². The summed E-state index contributed by atoms with van der Waals surface area (Å²) in [4.78, 5) is 21.9. The lowest BCUT2D eigenvalue weighted by Crippen LogP contribution is -2.29. The van der Waals surface area contributed by atoms with Gasteiger partial charge >= 0.3 is 7.12 Å². The average Bonchev–Trinajstić information content (AvgIpc) is 2.94. The highest BCUT2D eigenvalue weighted by Crippen LogP contribution is 2.22. The summed E-state index contributed by atoms with van der Waals surface area (Å²) in [5.41, 5.74) is 4.11. The first-order valence-electron chi connectivity index (χ1n) is 11.7. The number of ether oxygens (including phenoxy) is 2. The normalized spacial score (nSPS) is 9.66. The molecule has 0 atom stereocenters. The molecule has 0 heterocycles. The van der Waals surface area contributed by atoms with Crippen LogP contribution in [0.5, 0.6) is 11.5 Å². The number of halogens is 1. The number of methoxy groups -OCH3 is 2. The minimum Gasteiger partial charge on any atom is -0.497 e. The second kappa shape index (κ2) is 15.4. The van der Waals surface area contributed by atoms with E-state index in [1.165, 1.54) is 6.92 Å². The highest BCUT2D eigenvalue weighted by molar-refractivity contribution is 6.58. The van der Waals surface area contributed by atoms with Gasteiger partial charge < -0.3 is 19.5 Å². The smallest absolute Gasteiger partial charge is 0.488 e. The van der Waals surface area contributed by atoms with Crippen LogP contribution in [-0.2, 0) is 0 Å². The van der Waals surface area contributed by atoms with Gasteiger partial charge in [0.05, 0.1) is 14.2 Å². The molecule has 0 aliphatic carbocycles. The van der Waals surface area contributed by atoms with Crippen molar-refractivity contribution in [2.24, 2.45) is 0 Å². The number of rotatable bonds is 6. The van der Waals surface area contributed by atoms with E-state index in [1.807, 2.05) is 48.5 Å². The number of carbonyl (C=O) groups is 2. The summed E-state index contributed by atoms with van der Waals surface area (Å²) in [5, 5.41) is 18.1. The van der Waals surface area contributed by atoms with Gasteiger partial charge in [-0.25, -0.2) is 0 Å². The Morgan fingerprint density at radius 2 is 0.947 bits per heavy atom. The molecule has 0 saturated heterocycles. The van der Waals surface area contributed by atoms with E-state index in [1.54, 1.807) is 69.7 Å². The minimum atomic E-state index is -1.40. The van der Waals surface area contributed by atoms with Gasteiger partial charge in [-0.1, -0.05) is 60.1 Å². The molecule has 0 bridgehead atoms. The molecule has 0 amide bonds. The molecule has 2 N–H and O–H groups in total. The molecule has 0 spiro atoms. The second-order valence-electron chi connectivity index (χ2n) is 8.07. The van der Waals surface area contributed by atoms with Crippen LogP contribution in [-0.4, -0.2) is 43.0 Å². The Kier molecular flexibility index (Phi) is 12.3. The van der Waals surface area contributed by atoms with Crippen molar-refractivity contribution in [1.82, 2.24) is 0 Å². The van der Waals surface area contributed by atoms with E-state index >= 15 is 0 Å². The van der Waals surface area contributed by atoms with Crippen molar-refractivity contribution in [3.63, 3.8) is 0 Å². The molecule has 4 rings (SSSR count). The number of ketones is 2. The standard InChI is InChI=1S/C15H14O2.C8H7ClO.C7H9BO3/c1-11(16)12-3-5-13(6-4-12)14-7-9-15(17-2)10-8-14;1-6(10)7-2-4-8(9)5-3-7;1-11-7-4-2-6(3-5-7)8(9)10/h3-10H,1-2H3;2-5H,1H3;2-5,9-10H,1H3. The lowest BCUT2D eigenvalue weighted by atomic mass is 9.80. The largest absolute Gasteiger partial charge is 0.497 e. The van der Waals surface area contributed by atoms with E-state index in [0.717, 1.165) is 22.4 Å². The number of hydrogen-bond donors (Lipinski definition) is 2. The summed E-state index contributed by atoms with van der Waals surface area (Å²) >= 11 is 5.61. The molecule has 4 aromatic carbocycles. The van der Waals surface area contributed by atoms with Crippen LogP contribution in [0.2, 0.25) is 5.02 Å². The topological polar surface area (TPSA) is 93.1 Å². The lowest BCUT2D eigenvalue weighted by Gasteiger charge is -2.04. The summed E-state index contributed by atoms with van der Waals surface area (Å²) in [6, 6.07) is 28.9. The van der Waals surface area contributed by atoms with Gasteiger partial charge in [-0.2, -0.15) is 0 Å². The van der Waals surface area contributed by atoms with Crippen molar-refractivity contribution in [2.75, 3.05) is 14.2 Å². The SMILES string of the molecule is CC(=O)c1ccc(Cl)cc1.COc1ccc(-c2ccc(C(C)=O)cc2)cc1.COc1ccc(B(O)O)cc1. The molecule has 0 aliphatic rings. The Morgan fingerprint density at radius 1 is 0.605 bits per heavy atom. The molecule has 4 aromatic rings. The zero-order valence-electron chi connectivity index (χ0n) is 21.7. The summed E-state index contributed by atoms with van der Waals surface area (Å²) in [6.45, 7) is 3.10. The monoisotopic (exact) mass is 532 g/mol. The van der Waals surface area contributed by atoms with Crippen LogP contribution >= 0.6 is 11.6 Å². The molecule has 196 valence electrons. The lowest BCUT2D eigenvalue weighted by molar-refractivity contribution is 0.100. The maximum absolute atomic E-state index is 11.2. The zero-order chi connectivity index (χ0) is 28.1. The van der Waals surface area contributed by atoms with Crippen LogP contribution in [0.4, 0.5) is 0 Å². The first kappa shape index (κ1) is 30.3. The van der Waals surface area contributed by atoms with Gasteiger partial charge in [0.1, 0.15) is 11.5 Å². The Bertz CT molecular complexity index is 1290. The van der Waals surface area contributed by atoms with Gasteiger partial charge in [0.2, 0.25) is 0 Å². The second-order valence-corrected chi connectivity index (χ2v) is 8.51. The van der Waals surface area contributed by atoms with Gasteiger partial charge in [-0.15, -0.1) is 0 Å². The maximum Gasteiger partial charge on any atom is 0.488 e. The highest BCUT2D eigenvalue weighted by Gasteiger charge is 2.09. The minimum absolute atomic E-state index is 0.0664. The fraction of sp³-hybridized carbons (Fsp3) is 0.133. The zero-order valence-corrected chi connectivity index (χ0v) is 22.5. The third-order valence-corrected chi connectivity index (χ3v) is 5.63.